The van der Waals surface area contributed by atoms with Crippen LogP contribution < -0.4 is 5.32 Å². The molecule has 0 unspecified atom stereocenters. The van der Waals surface area contributed by atoms with Gasteiger partial charge in [0.25, 0.3) is 0 Å². The van der Waals surface area contributed by atoms with E-state index in [0.717, 1.165) is 17.5 Å². The van der Waals surface area contributed by atoms with E-state index in [-0.39, 0.29) is 24.5 Å². The maximum absolute atomic E-state index is 12.1. The van der Waals surface area contributed by atoms with Gasteiger partial charge in [-0.3, -0.25) is 4.79 Å². The van der Waals surface area contributed by atoms with Crippen LogP contribution in [0.5, 0.6) is 0 Å². The lowest BCUT2D eigenvalue weighted by atomic mass is 10.0. The van der Waals surface area contributed by atoms with Crippen molar-refractivity contribution in [3.8, 4) is 11.1 Å². The predicted molar refractivity (Wildman–Crippen MR) is 91.8 cm³/mol. The fourth-order valence-electron chi connectivity index (χ4n) is 2.91. The predicted octanol–water partition coefficient (Wildman–Crippen LogP) is 2.95. The number of hydrogen-bond donors (Lipinski definition) is 2. The molecule has 1 amide bonds. The summed E-state index contributed by atoms with van der Waals surface area (Å²) >= 11 is 0. The van der Waals surface area contributed by atoms with E-state index in [2.05, 4.69) is 29.6 Å². The summed E-state index contributed by atoms with van der Waals surface area (Å²) in [7, 11) is 0. The summed E-state index contributed by atoms with van der Waals surface area (Å²) in [6, 6.07) is 18.3. The van der Waals surface area contributed by atoms with Gasteiger partial charge < -0.3 is 10.4 Å². The molecule has 2 N–H and O–H groups in total. The molecule has 3 nitrogen and oxygen atoms in total. The molecule has 3 rings (SSSR count). The van der Waals surface area contributed by atoms with Crippen molar-refractivity contribution >= 4 is 5.91 Å². The fourth-order valence-corrected chi connectivity index (χ4v) is 2.91. The Morgan fingerprint density at radius 2 is 1.70 bits per heavy atom. The highest BCUT2D eigenvalue weighted by Gasteiger charge is 2.19. The molecule has 0 heterocycles. The quantitative estimate of drug-likeness (QED) is 0.834. The van der Waals surface area contributed by atoms with Crippen molar-refractivity contribution < 1.29 is 9.90 Å². The Balaban J connectivity index is 1.56. The highest BCUT2D eigenvalue weighted by atomic mass is 16.3. The van der Waals surface area contributed by atoms with E-state index in [1.54, 1.807) is 0 Å². The minimum atomic E-state index is 0.0192. The van der Waals surface area contributed by atoms with Crippen molar-refractivity contribution in [3.05, 3.63) is 72.3 Å². The van der Waals surface area contributed by atoms with Gasteiger partial charge in [-0.25, -0.2) is 0 Å². The van der Waals surface area contributed by atoms with Gasteiger partial charge in [0.05, 0.1) is 6.42 Å². The van der Waals surface area contributed by atoms with Gasteiger partial charge in [-0.2, -0.15) is 0 Å². The van der Waals surface area contributed by atoms with E-state index < -0.39 is 0 Å². The van der Waals surface area contributed by atoms with Crippen LogP contribution in [0, 0.1) is 5.92 Å². The summed E-state index contributed by atoms with van der Waals surface area (Å²) in [4.78, 5) is 12.1. The number of carbonyl (C=O) groups excluding carboxylic acids is 1. The van der Waals surface area contributed by atoms with Crippen molar-refractivity contribution in [1.29, 1.82) is 0 Å². The molecule has 3 heteroatoms. The molecule has 118 valence electrons. The summed E-state index contributed by atoms with van der Waals surface area (Å²) in [6.45, 7) is 0.143. The minimum Gasteiger partial charge on any atom is -0.396 e. The van der Waals surface area contributed by atoms with Gasteiger partial charge in [0, 0.05) is 18.6 Å². The fraction of sp³-hybridized carbons (Fsp3) is 0.250. The second-order valence-electron chi connectivity index (χ2n) is 5.98. The Bertz CT molecular complexity index is 677. The Kier molecular flexibility index (Phi) is 4.89. The molecular formula is C20H21NO2. The lowest BCUT2D eigenvalue weighted by Gasteiger charge is -2.13. The van der Waals surface area contributed by atoms with Gasteiger partial charge >= 0.3 is 0 Å². The number of aliphatic hydroxyl groups is 1. The van der Waals surface area contributed by atoms with Crippen LogP contribution >= 0.6 is 0 Å². The van der Waals surface area contributed by atoms with Crippen molar-refractivity contribution in [3.63, 3.8) is 0 Å². The molecule has 0 bridgehead atoms. The molecule has 2 aromatic carbocycles. The third kappa shape index (κ3) is 4.08. The van der Waals surface area contributed by atoms with Gasteiger partial charge in [-0.15, -0.1) is 0 Å². The van der Waals surface area contributed by atoms with Crippen LogP contribution in [0.4, 0.5) is 0 Å². The van der Waals surface area contributed by atoms with Gasteiger partial charge in [-0.1, -0.05) is 66.7 Å². The average Bonchev–Trinajstić information content (AvgIpc) is 3.04. The standard InChI is InChI=1S/C20H21NO2/c22-14-16-8-11-19(12-16)21-20(23)13-15-6-9-18(10-7-15)17-4-2-1-3-5-17/h1-11,16,19,22H,12-14H2,(H,21,23)/t16-,19+/m0/s1. The van der Waals surface area contributed by atoms with Gasteiger partial charge in [0.2, 0.25) is 5.91 Å². The molecule has 0 radical (unpaired) electrons. The number of benzene rings is 2. The molecule has 0 aromatic heterocycles. The van der Waals surface area contributed by atoms with Gasteiger partial charge in [-0.05, 0) is 23.1 Å². The maximum Gasteiger partial charge on any atom is 0.224 e. The van der Waals surface area contributed by atoms with E-state index in [1.165, 1.54) is 5.56 Å². The van der Waals surface area contributed by atoms with Crippen LogP contribution in [0.3, 0.4) is 0 Å². The Hall–Kier alpha value is -2.39. The summed E-state index contributed by atoms with van der Waals surface area (Å²) < 4.78 is 0. The summed E-state index contributed by atoms with van der Waals surface area (Å²) in [5, 5.41) is 12.1. The highest BCUT2D eigenvalue weighted by molar-refractivity contribution is 5.79. The molecule has 2 atom stereocenters. The minimum absolute atomic E-state index is 0.0192. The molecular weight excluding hydrogens is 286 g/mol. The lowest BCUT2D eigenvalue weighted by molar-refractivity contribution is -0.120. The first-order chi connectivity index (χ1) is 11.2. The zero-order chi connectivity index (χ0) is 16.1. The van der Waals surface area contributed by atoms with Crippen LogP contribution in [0.2, 0.25) is 0 Å². The van der Waals surface area contributed by atoms with Crippen molar-refractivity contribution in [1.82, 2.24) is 5.32 Å². The molecule has 0 saturated carbocycles. The lowest BCUT2D eigenvalue weighted by Crippen LogP contribution is -2.34. The second kappa shape index (κ2) is 7.25. The number of hydrogen-bond acceptors (Lipinski definition) is 2. The molecule has 0 aliphatic heterocycles. The molecule has 0 spiro atoms. The van der Waals surface area contributed by atoms with E-state index >= 15 is 0 Å². The molecule has 2 aromatic rings. The topological polar surface area (TPSA) is 49.3 Å². The number of aliphatic hydroxyl groups excluding tert-OH is 1. The first kappa shape index (κ1) is 15.5. The molecule has 23 heavy (non-hydrogen) atoms. The van der Waals surface area contributed by atoms with Crippen LogP contribution in [-0.2, 0) is 11.2 Å². The SMILES string of the molecule is O=C(Cc1ccc(-c2ccccc2)cc1)N[C@@H]1C=C[C@H](CO)C1. The van der Waals surface area contributed by atoms with Crippen molar-refractivity contribution in [2.45, 2.75) is 18.9 Å². The first-order valence-electron chi connectivity index (χ1n) is 7.97. The smallest absolute Gasteiger partial charge is 0.224 e. The average molecular weight is 307 g/mol. The van der Waals surface area contributed by atoms with E-state index in [9.17, 15) is 4.79 Å². The van der Waals surface area contributed by atoms with Crippen LogP contribution in [-0.4, -0.2) is 23.7 Å². The van der Waals surface area contributed by atoms with Crippen molar-refractivity contribution in [2.24, 2.45) is 5.92 Å². The van der Waals surface area contributed by atoms with E-state index in [1.807, 2.05) is 42.5 Å². The van der Waals surface area contributed by atoms with Gasteiger partial charge in [0.15, 0.2) is 0 Å². The van der Waals surface area contributed by atoms with Gasteiger partial charge in [0.1, 0.15) is 0 Å². The number of carbonyl (C=O) groups is 1. The molecule has 1 aliphatic rings. The highest BCUT2D eigenvalue weighted by Crippen LogP contribution is 2.20. The Labute approximate surface area is 136 Å². The molecule has 0 fully saturated rings. The van der Waals surface area contributed by atoms with E-state index in [4.69, 9.17) is 5.11 Å². The zero-order valence-electron chi connectivity index (χ0n) is 13.0. The summed E-state index contributed by atoms with van der Waals surface area (Å²) in [5.74, 6) is 0.191. The Morgan fingerprint density at radius 1 is 1.00 bits per heavy atom. The largest absolute Gasteiger partial charge is 0.396 e. The molecule has 1 aliphatic carbocycles. The van der Waals surface area contributed by atoms with Crippen LogP contribution in [0.15, 0.2) is 66.7 Å². The van der Waals surface area contributed by atoms with Crippen molar-refractivity contribution in [2.75, 3.05) is 6.61 Å². The number of rotatable bonds is 5. The summed E-state index contributed by atoms with van der Waals surface area (Å²) in [6.07, 6.45) is 5.11. The first-order valence-corrected chi connectivity index (χ1v) is 7.97. The van der Waals surface area contributed by atoms with E-state index in [0.29, 0.717) is 6.42 Å². The third-order valence-corrected chi connectivity index (χ3v) is 4.18. The van der Waals surface area contributed by atoms with Crippen LogP contribution in [0.1, 0.15) is 12.0 Å². The van der Waals surface area contributed by atoms with Crippen LogP contribution in [0.25, 0.3) is 11.1 Å². The second-order valence-corrected chi connectivity index (χ2v) is 5.98. The maximum atomic E-state index is 12.1. The monoisotopic (exact) mass is 307 g/mol. The third-order valence-electron chi connectivity index (χ3n) is 4.18. The molecule has 0 saturated heterocycles. The zero-order valence-corrected chi connectivity index (χ0v) is 13.0. The normalized spacial score (nSPS) is 19.7. The number of amides is 1. The number of nitrogens with one attached hydrogen (secondary N) is 1. The summed E-state index contributed by atoms with van der Waals surface area (Å²) in [5.41, 5.74) is 3.33. The Morgan fingerprint density at radius 3 is 2.35 bits per heavy atom.